The molecule has 92 valence electrons. The number of rotatable bonds is 7. The molecule has 1 aromatic rings. The van der Waals surface area contributed by atoms with Gasteiger partial charge in [0, 0.05) is 13.1 Å². The van der Waals surface area contributed by atoms with Crippen LogP contribution in [0.3, 0.4) is 0 Å². The van der Waals surface area contributed by atoms with Gasteiger partial charge in [-0.05, 0) is 13.3 Å². The lowest BCUT2D eigenvalue weighted by Crippen LogP contribution is -2.26. The Hall–Kier alpha value is -0.540. The average molecular weight is 244 g/mol. The fourth-order valence-corrected chi connectivity index (χ4v) is 1.80. The van der Waals surface area contributed by atoms with Gasteiger partial charge >= 0.3 is 0 Å². The predicted octanol–water partition coefficient (Wildman–Crippen LogP) is 3.13. The van der Waals surface area contributed by atoms with Crippen LogP contribution in [0, 0.1) is 0 Å². The van der Waals surface area contributed by atoms with E-state index in [1.54, 1.807) is 6.20 Å². The standard InChI is InChI=1S/C12H22ClN3/c1-4-5-6-7-10(2)14-9-12-15-8-11(13)16(12)3/h8,10,14H,4-7,9H2,1-3H3. The molecule has 1 aromatic heterocycles. The third kappa shape index (κ3) is 4.14. The molecule has 0 amide bonds. The fraction of sp³-hybridized carbons (Fsp3) is 0.750. The second-order valence-electron chi connectivity index (χ2n) is 4.33. The number of hydrogen-bond donors (Lipinski definition) is 1. The maximum absolute atomic E-state index is 5.92. The van der Waals surface area contributed by atoms with Crippen LogP contribution < -0.4 is 5.32 Å². The summed E-state index contributed by atoms with van der Waals surface area (Å²) in [5.41, 5.74) is 0. The van der Waals surface area contributed by atoms with Crippen LogP contribution in [-0.4, -0.2) is 15.6 Å². The van der Waals surface area contributed by atoms with E-state index in [-0.39, 0.29) is 0 Å². The quantitative estimate of drug-likeness (QED) is 0.746. The van der Waals surface area contributed by atoms with Gasteiger partial charge < -0.3 is 9.88 Å². The molecule has 4 heteroatoms. The first-order valence-corrected chi connectivity index (χ1v) is 6.42. The minimum Gasteiger partial charge on any atom is -0.321 e. The summed E-state index contributed by atoms with van der Waals surface area (Å²) in [4.78, 5) is 4.25. The maximum atomic E-state index is 5.92. The summed E-state index contributed by atoms with van der Waals surface area (Å²) in [6, 6.07) is 0.544. The Morgan fingerprint density at radius 2 is 2.25 bits per heavy atom. The van der Waals surface area contributed by atoms with E-state index in [0.29, 0.717) is 11.2 Å². The molecule has 0 saturated heterocycles. The van der Waals surface area contributed by atoms with Gasteiger partial charge in [-0.25, -0.2) is 4.98 Å². The number of halogens is 1. The minimum absolute atomic E-state index is 0.544. The largest absolute Gasteiger partial charge is 0.321 e. The molecule has 1 N–H and O–H groups in total. The zero-order chi connectivity index (χ0) is 12.0. The van der Waals surface area contributed by atoms with E-state index in [4.69, 9.17) is 11.6 Å². The number of nitrogens with one attached hydrogen (secondary N) is 1. The van der Waals surface area contributed by atoms with Crippen molar-refractivity contribution in [2.24, 2.45) is 7.05 Å². The normalized spacial score (nSPS) is 13.0. The lowest BCUT2D eigenvalue weighted by atomic mass is 10.1. The van der Waals surface area contributed by atoms with Gasteiger partial charge in [0.25, 0.3) is 0 Å². The molecule has 0 aromatic carbocycles. The first-order chi connectivity index (χ1) is 7.65. The summed E-state index contributed by atoms with van der Waals surface area (Å²) in [5.74, 6) is 0.993. The molecule has 0 aliphatic heterocycles. The predicted molar refractivity (Wildman–Crippen MR) is 68.7 cm³/mol. The Balaban J connectivity index is 2.26. The Labute approximate surface area is 103 Å². The summed E-state index contributed by atoms with van der Waals surface area (Å²) in [6.45, 7) is 5.24. The molecule has 0 fully saturated rings. The Morgan fingerprint density at radius 3 is 2.81 bits per heavy atom. The zero-order valence-electron chi connectivity index (χ0n) is 10.5. The summed E-state index contributed by atoms with van der Waals surface area (Å²) in [7, 11) is 1.94. The van der Waals surface area contributed by atoms with Crippen molar-refractivity contribution in [3.63, 3.8) is 0 Å². The summed E-state index contributed by atoms with van der Waals surface area (Å²) in [5, 5.41) is 4.16. The number of hydrogen-bond acceptors (Lipinski definition) is 2. The van der Waals surface area contributed by atoms with Gasteiger partial charge in [0.15, 0.2) is 0 Å². The van der Waals surface area contributed by atoms with Gasteiger partial charge in [0.05, 0.1) is 12.7 Å². The van der Waals surface area contributed by atoms with Crippen LogP contribution in [0.2, 0.25) is 5.15 Å². The van der Waals surface area contributed by atoms with Gasteiger partial charge in [-0.3, -0.25) is 0 Å². The number of imidazole rings is 1. The van der Waals surface area contributed by atoms with Crippen molar-refractivity contribution in [2.75, 3.05) is 0 Å². The molecular formula is C12H22ClN3. The van der Waals surface area contributed by atoms with Gasteiger partial charge in [-0.15, -0.1) is 0 Å². The van der Waals surface area contributed by atoms with Crippen LogP contribution >= 0.6 is 11.6 Å². The van der Waals surface area contributed by atoms with Crippen LogP contribution in [0.25, 0.3) is 0 Å². The molecule has 3 nitrogen and oxygen atoms in total. The average Bonchev–Trinajstić information content (AvgIpc) is 2.58. The molecule has 0 aliphatic carbocycles. The van der Waals surface area contributed by atoms with E-state index in [9.17, 15) is 0 Å². The van der Waals surface area contributed by atoms with E-state index in [0.717, 1.165) is 12.4 Å². The molecule has 0 spiro atoms. The highest BCUT2D eigenvalue weighted by molar-refractivity contribution is 6.29. The molecule has 0 saturated carbocycles. The summed E-state index contributed by atoms with van der Waals surface area (Å²) >= 11 is 5.92. The van der Waals surface area contributed by atoms with Crippen molar-refractivity contribution in [1.29, 1.82) is 0 Å². The minimum atomic E-state index is 0.544. The molecular weight excluding hydrogens is 222 g/mol. The second kappa shape index (κ2) is 6.92. The van der Waals surface area contributed by atoms with Crippen LogP contribution in [0.4, 0.5) is 0 Å². The van der Waals surface area contributed by atoms with Crippen LogP contribution in [0.15, 0.2) is 6.20 Å². The van der Waals surface area contributed by atoms with Crippen LogP contribution in [-0.2, 0) is 13.6 Å². The van der Waals surface area contributed by atoms with E-state index in [1.807, 2.05) is 11.6 Å². The second-order valence-corrected chi connectivity index (χ2v) is 4.72. The monoisotopic (exact) mass is 243 g/mol. The maximum Gasteiger partial charge on any atom is 0.128 e. The van der Waals surface area contributed by atoms with E-state index >= 15 is 0 Å². The highest BCUT2D eigenvalue weighted by Crippen LogP contribution is 2.09. The first-order valence-electron chi connectivity index (χ1n) is 6.04. The Morgan fingerprint density at radius 1 is 1.50 bits per heavy atom. The molecule has 1 rings (SSSR count). The van der Waals surface area contributed by atoms with Crippen LogP contribution in [0.5, 0.6) is 0 Å². The molecule has 1 heterocycles. The number of unbranched alkanes of at least 4 members (excludes halogenated alkanes) is 2. The fourth-order valence-electron chi connectivity index (χ4n) is 1.66. The van der Waals surface area contributed by atoms with Gasteiger partial charge in [0.2, 0.25) is 0 Å². The molecule has 16 heavy (non-hydrogen) atoms. The number of nitrogens with zero attached hydrogens (tertiary/aromatic N) is 2. The molecule has 1 atom stereocenters. The van der Waals surface area contributed by atoms with Crippen molar-refractivity contribution in [2.45, 2.75) is 52.1 Å². The Bertz CT molecular complexity index is 309. The smallest absolute Gasteiger partial charge is 0.128 e. The van der Waals surface area contributed by atoms with E-state index < -0.39 is 0 Å². The molecule has 0 bridgehead atoms. The molecule has 1 unspecified atom stereocenters. The van der Waals surface area contributed by atoms with Gasteiger partial charge in [-0.1, -0.05) is 37.8 Å². The SMILES string of the molecule is CCCCCC(C)NCc1ncc(Cl)n1C. The van der Waals surface area contributed by atoms with Crippen molar-refractivity contribution < 1.29 is 0 Å². The lowest BCUT2D eigenvalue weighted by Gasteiger charge is -2.13. The molecule has 0 aliphatic rings. The van der Waals surface area contributed by atoms with E-state index in [1.165, 1.54) is 25.7 Å². The third-order valence-corrected chi connectivity index (χ3v) is 3.23. The zero-order valence-corrected chi connectivity index (χ0v) is 11.2. The summed E-state index contributed by atoms with van der Waals surface area (Å²) in [6.07, 6.45) is 6.82. The Kier molecular flexibility index (Phi) is 5.85. The van der Waals surface area contributed by atoms with Crippen molar-refractivity contribution in [1.82, 2.24) is 14.9 Å². The highest BCUT2D eigenvalue weighted by Gasteiger charge is 2.06. The van der Waals surface area contributed by atoms with E-state index in [2.05, 4.69) is 24.1 Å². The van der Waals surface area contributed by atoms with Gasteiger partial charge in [0.1, 0.15) is 11.0 Å². The summed E-state index contributed by atoms with van der Waals surface area (Å²) < 4.78 is 1.91. The third-order valence-electron chi connectivity index (χ3n) is 2.88. The molecule has 0 radical (unpaired) electrons. The van der Waals surface area contributed by atoms with Gasteiger partial charge in [-0.2, -0.15) is 0 Å². The van der Waals surface area contributed by atoms with Crippen molar-refractivity contribution in [3.05, 3.63) is 17.2 Å². The number of aromatic nitrogens is 2. The van der Waals surface area contributed by atoms with Crippen LogP contribution in [0.1, 0.15) is 45.4 Å². The highest BCUT2D eigenvalue weighted by atomic mass is 35.5. The van der Waals surface area contributed by atoms with Crippen molar-refractivity contribution >= 4 is 11.6 Å². The topological polar surface area (TPSA) is 29.9 Å². The first kappa shape index (κ1) is 13.5. The van der Waals surface area contributed by atoms with Crippen molar-refractivity contribution in [3.8, 4) is 0 Å². The lowest BCUT2D eigenvalue weighted by molar-refractivity contribution is 0.476.